The summed E-state index contributed by atoms with van der Waals surface area (Å²) in [5.74, 6) is -0.119. The van der Waals surface area contributed by atoms with Crippen LogP contribution < -0.4 is 5.32 Å². The molecule has 9 heteroatoms. The van der Waals surface area contributed by atoms with Crippen molar-refractivity contribution in [2.75, 3.05) is 18.4 Å². The Labute approximate surface area is 159 Å². The van der Waals surface area contributed by atoms with Crippen LogP contribution in [-0.2, 0) is 0 Å². The summed E-state index contributed by atoms with van der Waals surface area (Å²) in [4.78, 5) is 14.2. The predicted octanol–water partition coefficient (Wildman–Crippen LogP) is 4.43. The fourth-order valence-electron chi connectivity index (χ4n) is 3.67. The summed E-state index contributed by atoms with van der Waals surface area (Å²) < 4.78 is 41.9. The van der Waals surface area contributed by atoms with E-state index < -0.39 is 18.3 Å². The molecule has 0 unspecified atom stereocenters. The number of hydrogen-bond acceptors (Lipinski definition) is 3. The van der Waals surface area contributed by atoms with Crippen LogP contribution in [0.15, 0.2) is 30.3 Å². The zero-order valence-electron chi connectivity index (χ0n) is 14.3. The molecule has 3 heterocycles. The molecule has 2 aliphatic rings. The lowest BCUT2D eigenvalue weighted by molar-refractivity contribution is -0.173. The minimum Gasteiger partial charge on any atom is -0.363 e. The molecule has 1 N–H and O–H groups in total. The average molecular weight is 399 g/mol. The number of carbonyl (C=O) groups is 1. The molecule has 0 saturated carbocycles. The van der Waals surface area contributed by atoms with Crippen LogP contribution in [0, 0.1) is 0 Å². The highest BCUT2D eigenvalue weighted by molar-refractivity contribution is 6.30. The number of alkyl halides is 3. The maximum absolute atomic E-state index is 13.7. The van der Waals surface area contributed by atoms with Gasteiger partial charge in [-0.1, -0.05) is 23.7 Å². The summed E-state index contributed by atoms with van der Waals surface area (Å²) in [5.41, 5.74) is 0.749. The van der Waals surface area contributed by atoms with Gasteiger partial charge < -0.3 is 10.2 Å². The molecule has 1 aromatic carbocycles. The van der Waals surface area contributed by atoms with E-state index in [2.05, 4.69) is 10.4 Å². The van der Waals surface area contributed by atoms with Gasteiger partial charge in [0.25, 0.3) is 5.91 Å². The van der Waals surface area contributed by atoms with Crippen molar-refractivity contribution in [1.29, 1.82) is 0 Å². The van der Waals surface area contributed by atoms with E-state index >= 15 is 0 Å². The van der Waals surface area contributed by atoms with E-state index in [-0.39, 0.29) is 23.8 Å². The Hall–Kier alpha value is -2.22. The molecule has 0 radical (unpaired) electrons. The fourth-order valence-corrected chi connectivity index (χ4v) is 3.80. The number of nitrogens with zero attached hydrogens (tertiary/aromatic N) is 3. The SMILES string of the molecule is O=C(c1cc2n(n1)[C@@H](C(F)(F)F)C[C@H](c1ccc(Cl)cc1)N2)N1CCCC1. The zero-order valence-corrected chi connectivity index (χ0v) is 15.1. The molecule has 4 rings (SSSR count). The van der Waals surface area contributed by atoms with Crippen LogP contribution in [-0.4, -0.2) is 39.9 Å². The largest absolute Gasteiger partial charge is 0.410 e. The zero-order chi connectivity index (χ0) is 19.2. The van der Waals surface area contributed by atoms with Crippen LogP contribution in [0.5, 0.6) is 0 Å². The first-order valence-electron chi connectivity index (χ1n) is 8.80. The van der Waals surface area contributed by atoms with Gasteiger partial charge in [-0.3, -0.25) is 4.79 Å². The number of nitrogens with one attached hydrogen (secondary N) is 1. The number of anilines is 1. The molecule has 2 aliphatic heterocycles. The topological polar surface area (TPSA) is 50.2 Å². The maximum Gasteiger partial charge on any atom is 0.410 e. The van der Waals surface area contributed by atoms with Gasteiger partial charge in [0.05, 0.1) is 6.04 Å². The van der Waals surface area contributed by atoms with Gasteiger partial charge in [0.15, 0.2) is 11.7 Å². The smallest absolute Gasteiger partial charge is 0.363 e. The molecular formula is C18H18ClF3N4O. The van der Waals surface area contributed by atoms with Crippen molar-refractivity contribution in [2.45, 2.75) is 37.5 Å². The van der Waals surface area contributed by atoms with Crippen molar-refractivity contribution in [1.82, 2.24) is 14.7 Å². The van der Waals surface area contributed by atoms with Gasteiger partial charge in [0.1, 0.15) is 5.82 Å². The standard InChI is InChI=1S/C18H18ClF3N4O/c19-12-5-3-11(4-6-12)13-9-15(18(20,21)22)26-16(23-13)10-14(24-26)17(27)25-7-1-2-8-25/h3-6,10,13,15,23H,1-2,7-9H2/t13-,15-/m1/s1. The van der Waals surface area contributed by atoms with Crippen molar-refractivity contribution in [3.05, 3.63) is 46.6 Å². The molecule has 2 aromatic rings. The molecule has 144 valence electrons. The fraction of sp³-hybridized carbons (Fsp3) is 0.444. The van der Waals surface area contributed by atoms with Crippen molar-refractivity contribution >= 4 is 23.3 Å². The summed E-state index contributed by atoms with van der Waals surface area (Å²) in [6.45, 7) is 1.23. The molecule has 2 atom stereocenters. The Morgan fingerprint density at radius 1 is 1.19 bits per heavy atom. The second-order valence-electron chi connectivity index (χ2n) is 6.90. The number of aromatic nitrogens is 2. The molecule has 0 spiro atoms. The van der Waals surface area contributed by atoms with Crippen molar-refractivity contribution in [2.24, 2.45) is 0 Å². The van der Waals surface area contributed by atoms with Crippen LogP contribution in [0.4, 0.5) is 19.0 Å². The van der Waals surface area contributed by atoms with E-state index in [1.165, 1.54) is 6.07 Å². The Morgan fingerprint density at radius 3 is 2.48 bits per heavy atom. The molecule has 0 aliphatic carbocycles. The lowest BCUT2D eigenvalue weighted by Crippen LogP contribution is -2.36. The van der Waals surface area contributed by atoms with Crippen molar-refractivity contribution < 1.29 is 18.0 Å². The van der Waals surface area contributed by atoms with E-state index in [9.17, 15) is 18.0 Å². The maximum atomic E-state index is 13.7. The van der Waals surface area contributed by atoms with E-state index in [0.717, 1.165) is 17.5 Å². The quantitative estimate of drug-likeness (QED) is 0.814. The first-order chi connectivity index (χ1) is 12.8. The van der Waals surface area contributed by atoms with E-state index in [4.69, 9.17) is 11.6 Å². The number of rotatable bonds is 2. The van der Waals surface area contributed by atoms with E-state index in [0.29, 0.717) is 23.7 Å². The first kappa shape index (κ1) is 18.2. The minimum absolute atomic E-state index is 0.0467. The number of hydrogen-bond donors (Lipinski definition) is 1. The van der Waals surface area contributed by atoms with Crippen LogP contribution >= 0.6 is 11.6 Å². The van der Waals surface area contributed by atoms with Crippen LogP contribution in [0.1, 0.15) is 47.4 Å². The molecular weight excluding hydrogens is 381 g/mol. The monoisotopic (exact) mass is 398 g/mol. The summed E-state index contributed by atoms with van der Waals surface area (Å²) in [6.07, 6.45) is -2.87. The third kappa shape index (κ3) is 3.50. The lowest BCUT2D eigenvalue weighted by Gasteiger charge is -2.33. The number of fused-ring (bicyclic) bond motifs is 1. The normalized spacial score (nSPS) is 22.4. The molecule has 1 aromatic heterocycles. The summed E-state index contributed by atoms with van der Waals surface area (Å²) in [5, 5.41) is 7.61. The number of halogens is 4. The average Bonchev–Trinajstić information content (AvgIpc) is 3.29. The summed E-state index contributed by atoms with van der Waals surface area (Å²) >= 11 is 5.88. The number of likely N-dealkylation sites (tertiary alicyclic amines) is 1. The van der Waals surface area contributed by atoms with Crippen molar-refractivity contribution in [3.63, 3.8) is 0 Å². The molecule has 1 fully saturated rings. The second kappa shape index (κ2) is 6.74. The Bertz CT molecular complexity index is 843. The third-order valence-corrected chi connectivity index (χ3v) is 5.33. The molecule has 1 amide bonds. The van der Waals surface area contributed by atoms with Gasteiger partial charge in [-0.25, -0.2) is 4.68 Å². The van der Waals surface area contributed by atoms with E-state index in [1.807, 2.05) is 0 Å². The van der Waals surface area contributed by atoms with Gasteiger partial charge in [0.2, 0.25) is 0 Å². The molecule has 0 bridgehead atoms. The van der Waals surface area contributed by atoms with Gasteiger partial charge in [-0.15, -0.1) is 0 Å². The van der Waals surface area contributed by atoms with Crippen LogP contribution in [0.3, 0.4) is 0 Å². The van der Waals surface area contributed by atoms with Gasteiger partial charge in [-0.05, 0) is 30.5 Å². The number of amides is 1. The summed E-state index contributed by atoms with van der Waals surface area (Å²) in [6, 6.07) is 5.78. The highest BCUT2D eigenvalue weighted by Crippen LogP contribution is 2.43. The number of carbonyl (C=O) groups excluding carboxylic acids is 1. The minimum atomic E-state index is -4.47. The highest BCUT2D eigenvalue weighted by Gasteiger charge is 2.47. The molecule has 1 saturated heterocycles. The third-order valence-electron chi connectivity index (χ3n) is 5.07. The van der Waals surface area contributed by atoms with Crippen LogP contribution in [0.2, 0.25) is 5.02 Å². The Kier molecular flexibility index (Phi) is 4.53. The van der Waals surface area contributed by atoms with Gasteiger partial charge in [-0.2, -0.15) is 18.3 Å². The lowest BCUT2D eigenvalue weighted by atomic mass is 9.97. The molecule has 27 heavy (non-hydrogen) atoms. The summed E-state index contributed by atoms with van der Waals surface area (Å²) in [7, 11) is 0. The Morgan fingerprint density at radius 2 is 1.85 bits per heavy atom. The van der Waals surface area contributed by atoms with Crippen LogP contribution in [0.25, 0.3) is 0 Å². The van der Waals surface area contributed by atoms with Gasteiger partial charge in [0, 0.05) is 30.6 Å². The second-order valence-corrected chi connectivity index (χ2v) is 7.34. The highest BCUT2D eigenvalue weighted by atomic mass is 35.5. The number of benzene rings is 1. The molecule has 5 nitrogen and oxygen atoms in total. The predicted molar refractivity (Wildman–Crippen MR) is 94.9 cm³/mol. The first-order valence-corrected chi connectivity index (χ1v) is 9.18. The van der Waals surface area contributed by atoms with Crippen molar-refractivity contribution in [3.8, 4) is 0 Å². The Balaban J connectivity index is 1.67. The van der Waals surface area contributed by atoms with Gasteiger partial charge >= 0.3 is 6.18 Å². The van der Waals surface area contributed by atoms with E-state index in [1.54, 1.807) is 29.2 Å².